The van der Waals surface area contributed by atoms with Gasteiger partial charge in [-0.25, -0.2) is 4.98 Å². The number of rotatable bonds is 6. The minimum Gasteiger partial charge on any atom is -0.463 e. The molecule has 4 nitrogen and oxygen atoms in total. The van der Waals surface area contributed by atoms with Gasteiger partial charge in [0.25, 0.3) is 0 Å². The summed E-state index contributed by atoms with van der Waals surface area (Å²) in [6.45, 7) is 3.00. The van der Waals surface area contributed by atoms with Crippen LogP contribution in [-0.4, -0.2) is 22.1 Å². The number of aromatic nitrogens is 2. The Bertz CT molecular complexity index is 630. The molecule has 1 aliphatic rings. The molecule has 0 bridgehead atoms. The number of nitrogens with zero attached hydrogens (tertiary/aromatic N) is 2. The van der Waals surface area contributed by atoms with Crippen LogP contribution in [0.5, 0.6) is 0 Å². The second-order valence-corrected chi connectivity index (χ2v) is 6.27. The molecule has 0 saturated heterocycles. The molecule has 2 aromatic rings. The molecule has 1 aliphatic carbocycles. The van der Waals surface area contributed by atoms with Crippen molar-refractivity contribution in [3.8, 4) is 0 Å². The molecule has 3 rings (SSSR count). The summed E-state index contributed by atoms with van der Waals surface area (Å²) in [5.74, 6) is 1.15. The van der Waals surface area contributed by atoms with Crippen LogP contribution < -0.4 is 0 Å². The second kappa shape index (κ2) is 7.44. The zero-order chi connectivity index (χ0) is 16.1. The highest BCUT2D eigenvalue weighted by Crippen LogP contribution is 2.38. The van der Waals surface area contributed by atoms with Gasteiger partial charge in [0.1, 0.15) is 12.4 Å². The predicted molar refractivity (Wildman–Crippen MR) is 89.1 cm³/mol. The number of carbonyl (C=O) groups excluding carboxylic acids is 1. The van der Waals surface area contributed by atoms with Gasteiger partial charge in [-0.3, -0.25) is 4.79 Å². The zero-order valence-electron chi connectivity index (χ0n) is 13.6. The molecule has 1 fully saturated rings. The summed E-state index contributed by atoms with van der Waals surface area (Å²) in [4.78, 5) is 16.9. The first-order chi connectivity index (χ1) is 11.3. The molecule has 0 radical (unpaired) electrons. The fraction of sp³-hybridized carbons (Fsp3) is 0.474. The summed E-state index contributed by atoms with van der Waals surface area (Å²) in [5, 5.41) is 0. The minimum absolute atomic E-state index is 0.0825. The van der Waals surface area contributed by atoms with Crippen molar-refractivity contribution in [1.82, 2.24) is 9.55 Å². The zero-order valence-corrected chi connectivity index (χ0v) is 13.6. The van der Waals surface area contributed by atoms with Crippen LogP contribution in [0.4, 0.5) is 0 Å². The van der Waals surface area contributed by atoms with E-state index in [1.54, 1.807) is 6.20 Å². The Hall–Kier alpha value is -2.10. The van der Waals surface area contributed by atoms with E-state index in [0.717, 1.165) is 24.2 Å². The quantitative estimate of drug-likeness (QED) is 0.764. The van der Waals surface area contributed by atoms with Crippen molar-refractivity contribution in [2.24, 2.45) is 5.92 Å². The smallest absolute Gasteiger partial charge is 0.313 e. The van der Waals surface area contributed by atoms with E-state index in [4.69, 9.17) is 4.74 Å². The molecular weight excluding hydrogens is 288 g/mol. The number of hydrogen-bond acceptors (Lipinski definition) is 3. The lowest BCUT2D eigenvalue weighted by atomic mass is 9.85. The molecular formula is C19H24N2O2. The SMILES string of the molecule is Cc1nccn1CCOC(=O)C(c1ccccc1)C1CCCC1. The molecule has 0 spiro atoms. The van der Waals surface area contributed by atoms with Crippen LogP contribution in [-0.2, 0) is 16.1 Å². The largest absolute Gasteiger partial charge is 0.463 e. The molecule has 4 heteroatoms. The predicted octanol–water partition coefficient (Wildman–Crippen LogP) is 3.71. The van der Waals surface area contributed by atoms with E-state index >= 15 is 0 Å². The molecule has 0 aliphatic heterocycles. The van der Waals surface area contributed by atoms with Crippen LogP contribution in [0, 0.1) is 12.8 Å². The van der Waals surface area contributed by atoms with Crippen LogP contribution in [0.3, 0.4) is 0 Å². The highest BCUT2D eigenvalue weighted by molar-refractivity contribution is 5.78. The summed E-state index contributed by atoms with van der Waals surface area (Å²) in [6, 6.07) is 10.1. The fourth-order valence-electron chi connectivity index (χ4n) is 3.53. The van der Waals surface area contributed by atoms with E-state index in [1.807, 2.05) is 48.0 Å². The van der Waals surface area contributed by atoms with E-state index in [2.05, 4.69) is 4.98 Å². The topological polar surface area (TPSA) is 44.1 Å². The Morgan fingerprint density at radius 1 is 1.30 bits per heavy atom. The van der Waals surface area contributed by atoms with Crippen molar-refractivity contribution in [2.45, 2.75) is 45.1 Å². The maximum absolute atomic E-state index is 12.7. The first kappa shape index (κ1) is 15.8. The summed E-state index contributed by atoms with van der Waals surface area (Å²) in [6.07, 6.45) is 8.35. The Labute approximate surface area is 137 Å². The summed E-state index contributed by atoms with van der Waals surface area (Å²) >= 11 is 0. The summed E-state index contributed by atoms with van der Waals surface area (Å²) in [7, 11) is 0. The van der Waals surface area contributed by atoms with Gasteiger partial charge in [0, 0.05) is 12.4 Å². The number of esters is 1. The third-order valence-electron chi connectivity index (χ3n) is 4.78. The monoisotopic (exact) mass is 312 g/mol. The van der Waals surface area contributed by atoms with Crippen LogP contribution in [0.15, 0.2) is 42.7 Å². The van der Waals surface area contributed by atoms with Crippen molar-refractivity contribution in [2.75, 3.05) is 6.61 Å². The maximum Gasteiger partial charge on any atom is 0.313 e. The fourth-order valence-corrected chi connectivity index (χ4v) is 3.53. The number of carbonyl (C=O) groups is 1. The average molecular weight is 312 g/mol. The van der Waals surface area contributed by atoms with E-state index in [0.29, 0.717) is 19.1 Å². The third-order valence-corrected chi connectivity index (χ3v) is 4.78. The van der Waals surface area contributed by atoms with Gasteiger partial charge in [0.15, 0.2) is 0 Å². The molecule has 0 N–H and O–H groups in total. The van der Waals surface area contributed by atoms with Gasteiger partial charge in [-0.15, -0.1) is 0 Å². The average Bonchev–Trinajstić information content (AvgIpc) is 3.21. The Morgan fingerprint density at radius 2 is 2.04 bits per heavy atom. The van der Waals surface area contributed by atoms with Crippen molar-refractivity contribution in [3.63, 3.8) is 0 Å². The summed E-state index contributed by atoms with van der Waals surface area (Å²) < 4.78 is 7.61. The van der Waals surface area contributed by atoms with Gasteiger partial charge in [-0.05, 0) is 31.2 Å². The highest BCUT2D eigenvalue weighted by atomic mass is 16.5. The van der Waals surface area contributed by atoms with Crippen LogP contribution >= 0.6 is 0 Å². The molecule has 1 heterocycles. The van der Waals surface area contributed by atoms with Crippen LogP contribution in [0.1, 0.15) is 43.0 Å². The van der Waals surface area contributed by atoms with Gasteiger partial charge < -0.3 is 9.30 Å². The van der Waals surface area contributed by atoms with Gasteiger partial charge in [-0.1, -0.05) is 43.2 Å². The lowest BCUT2D eigenvalue weighted by Gasteiger charge is -2.22. The number of aryl methyl sites for hydroxylation is 1. The molecule has 23 heavy (non-hydrogen) atoms. The van der Waals surface area contributed by atoms with Crippen molar-refractivity contribution in [3.05, 3.63) is 54.1 Å². The van der Waals surface area contributed by atoms with E-state index in [-0.39, 0.29) is 11.9 Å². The number of benzene rings is 1. The maximum atomic E-state index is 12.7. The van der Waals surface area contributed by atoms with Crippen molar-refractivity contribution < 1.29 is 9.53 Å². The van der Waals surface area contributed by atoms with Gasteiger partial charge in [-0.2, -0.15) is 0 Å². The molecule has 1 unspecified atom stereocenters. The minimum atomic E-state index is -0.123. The Balaban J connectivity index is 1.64. The number of ether oxygens (including phenoxy) is 1. The molecule has 122 valence electrons. The second-order valence-electron chi connectivity index (χ2n) is 6.27. The van der Waals surface area contributed by atoms with Gasteiger partial charge >= 0.3 is 5.97 Å². The highest BCUT2D eigenvalue weighted by Gasteiger charge is 2.33. The van der Waals surface area contributed by atoms with E-state index in [1.165, 1.54) is 12.8 Å². The first-order valence-corrected chi connectivity index (χ1v) is 8.45. The van der Waals surface area contributed by atoms with E-state index < -0.39 is 0 Å². The van der Waals surface area contributed by atoms with Crippen molar-refractivity contribution in [1.29, 1.82) is 0 Å². The number of hydrogen-bond donors (Lipinski definition) is 0. The lowest BCUT2D eigenvalue weighted by molar-refractivity contribution is -0.147. The molecule has 1 atom stereocenters. The van der Waals surface area contributed by atoms with Crippen molar-refractivity contribution >= 4 is 5.97 Å². The third kappa shape index (κ3) is 3.81. The Kier molecular flexibility index (Phi) is 5.11. The molecule has 1 aromatic carbocycles. The Morgan fingerprint density at radius 3 is 2.70 bits per heavy atom. The van der Waals surface area contributed by atoms with Gasteiger partial charge in [0.05, 0.1) is 12.5 Å². The van der Waals surface area contributed by atoms with Gasteiger partial charge in [0.2, 0.25) is 0 Å². The van der Waals surface area contributed by atoms with E-state index in [9.17, 15) is 4.79 Å². The molecule has 0 amide bonds. The molecule has 1 saturated carbocycles. The molecule has 1 aromatic heterocycles. The number of imidazole rings is 1. The van der Waals surface area contributed by atoms with Crippen LogP contribution in [0.25, 0.3) is 0 Å². The lowest BCUT2D eigenvalue weighted by Crippen LogP contribution is -2.24. The van der Waals surface area contributed by atoms with Crippen LogP contribution in [0.2, 0.25) is 0 Å². The standard InChI is InChI=1S/C19H24N2O2/c1-15-20-11-12-21(15)13-14-23-19(22)18(17-9-5-6-10-17)16-7-3-2-4-8-16/h2-4,7-8,11-12,17-18H,5-6,9-10,13-14H2,1H3. The summed E-state index contributed by atoms with van der Waals surface area (Å²) in [5.41, 5.74) is 1.09. The normalized spacial score (nSPS) is 16.4. The first-order valence-electron chi connectivity index (χ1n) is 8.45.